The van der Waals surface area contributed by atoms with Gasteiger partial charge < -0.3 is 10.6 Å². The molecule has 1 aromatic heterocycles. The van der Waals surface area contributed by atoms with Gasteiger partial charge in [-0.2, -0.15) is 0 Å². The van der Waals surface area contributed by atoms with Crippen molar-refractivity contribution in [1.29, 1.82) is 0 Å². The van der Waals surface area contributed by atoms with E-state index in [4.69, 9.17) is 0 Å². The standard InChI is InChI=1S/C19H21N3O2/c1-13-5-4-8-16(11-13)22-19(24)17-12-14(9-10-20-17)18(23)21-15-6-2-3-7-15/h4-5,8-12,15H,2-3,6-7H2,1H3,(H,21,23)(H,22,24). The van der Waals surface area contributed by atoms with E-state index in [1.165, 1.54) is 12.3 Å². The number of aryl methyl sites for hydroxylation is 1. The van der Waals surface area contributed by atoms with Gasteiger partial charge >= 0.3 is 0 Å². The molecule has 1 heterocycles. The van der Waals surface area contributed by atoms with Crippen molar-refractivity contribution in [2.24, 2.45) is 0 Å². The summed E-state index contributed by atoms with van der Waals surface area (Å²) in [5.74, 6) is -0.468. The van der Waals surface area contributed by atoms with Gasteiger partial charge in [-0.05, 0) is 49.6 Å². The molecule has 2 amide bonds. The van der Waals surface area contributed by atoms with Gasteiger partial charge in [-0.15, -0.1) is 0 Å². The maximum atomic E-state index is 12.3. The van der Waals surface area contributed by atoms with Gasteiger partial charge in [0.25, 0.3) is 11.8 Å². The molecule has 3 rings (SSSR count). The molecule has 0 aliphatic heterocycles. The molecule has 0 radical (unpaired) electrons. The number of benzene rings is 1. The fraction of sp³-hybridized carbons (Fsp3) is 0.316. The van der Waals surface area contributed by atoms with E-state index in [1.54, 1.807) is 6.07 Å². The van der Waals surface area contributed by atoms with Crippen LogP contribution in [0.2, 0.25) is 0 Å². The molecule has 124 valence electrons. The van der Waals surface area contributed by atoms with Gasteiger partial charge in [0, 0.05) is 23.5 Å². The lowest BCUT2D eigenvalue weighted by Crippen LogP contribution is -2.32. The Bertz CT molecular complexity index is 752. The number of pyridine rings is 1. The van der Waals surface area contributed by atoms with Crippen LogP contribution >= 0.6 is 0 Å². The van der Waals surface area contributed by atoms with Gasteiger partial charge in [0.15, 0.2) is 0 Å². The number of nitrogens with zero attached hydrogens (tertiary/aromatic N) is 1. The fourth-order valence-corrected chi connectivity index (χ4v) is 2.95. The largest absolute Gasteiger partial charge is 0.349 e. The average Bonchev–Trinajstić information content (AvgIpc) is 3.08. The molecule has 1 aliphatic carbocycles. The lowest BCUT2D eigenvalue weighted by atomic mass is 10.1. The van der Waals surface area contributed by atoms with E-state index in [9.17, 15) is 9.59 Å². The van der Waals surface area contributed by atoms with Crippen molar-refractivity contribution < 1.29 is 9.59 Å². The highest BCUT2D eigenvalue weighted by molar-refractivity contribution is 6.04. The zero-order valence-electron chi connectivity index (χ0n) is 13.7. The highest BCUT2D eigenvalue weighted by atomic mass is 16.2. The number of hydrogen-bond donors (Lipinski definition) is 2. The summed E-state index contributed by atoms with van der Waals surface area (Å²) in [6, 6.07) is 11.0. The number of anilines is 1. The summed E-state index contributed by atoms with van der Waals surface area (Å²) in [6.07, 6.45) is 5.86. The molecule has 1 aliphatic rings. The minimum absolute atomic E-state index is 0.145. The van der Waals surface area contributed by atoms with E-state index in [2.05, 4.69) is 15.6 Å². The number of amides is 2. The van der Waals surface area contributed by atoms with Crippen molar-refractivity contribution in [2.75, 3.05) is 5.32 Å². The van der Waals surface area contributed by atoms with Crippen LogP contribution in [0.5, 0.6) is 0 Å². The summed E-state index contributed by atoms with van der Waals surface area (Å²) in [5, 5.41) is 5.83. The van der Waals surface area contributed by atoms with E-state index in [0.29, 0.717) is 11.3 Å². The molecule has 0 saturated heterocycles. The number of rotatable bonds is 4. The Balaban J connectivity index is 1.69. The molecule has 0 atom stereocenters. The second kappa shape index (κ2) is 7.25. The molecule has 0 spiro atoms. The minimum Gasteiger partial charge on any atom is -0.349 e. The molecule has 0 bridgehead atoms. The van der Waals surface area contributed by atoms with Crippen LogP contribution in [0.1, 0.15) is 52.1 Å². The molecule has 2 aromatic rings. The van der Waals surface area contributed by atoms with E-state index in [0.717, 1.165) is 31.2 Å². The van der Waals surface area contributed by atoms with Crippen LogP contribution in [-0.4, -0.2) is 22.8 Å². The second-order valence-corrected chi connectivity index (χ2v) is 6.21. The average molecular weight is 323 g/mol. The van der Waals surface area contributed by atoms with Gasteiger partial charge in [-0.3, -0.25) is 14.6 Å². The zero-order chi connectivity index (χ0) is 16.9. The third-order valence-electron chi connectivity index (χ3n) is 4.22. The van der Waals surface area contributed by atoms with Crippen molar-refractivity contribution in [3.05, 3.63) is 59.4 Å². The number of aromatic nitrogens is 1. The Morgan fingerprint density at radius 3 is 2.62 bits per heavy atom. The van der Waals surface area contributed by atoms with Gasteiger partial charge in [0.2, 0.25) is 0 Å². The molecule has 1 saturated carbocycles. The minimum atomic E-state index is -0.323. The summed E-state index contributed by atoms with van der Waals surface area (Å²) in [7, 11) is 0. The summed E-state index contributed by atoms with van der Waals surface area (Å²) in [5.41, 5.74) is 2.47. The third-order valence-corrected chi connectivity index (χ3v) is 4.22. The Labute approximate surface area is 141 Å². The van der Waals surface area contributed by atoms with Crippen LogP contribution in [0.4, 0.5) is 5.69 Å². The highest BCUT2D eigenvalue weighted by Gasteiger charge is 2.19. The fourth-order valence-electron chi connectivity index (χ4n) is 2.95. The predicted molar refractivity (Wildman–Crippen MR) is 93.1 cm³/mol. The highest BCUT2D eigenvalue weighted by Crippen LogP contribution is 2.18. The molecule has 5 heteroatoms. The number of carbonyl (C=O) groups excluding carboxylic acids is 2. The molecule has 1 aromatic carbocycles. The summed E-state index contributed by atoms with van der Waals surface area (Å²) in [6.45, 7) is 1.96. The number of hydrogen-bond acceptors (Lipinski definition) is 3. The maximum absolute atomic E-state index is 12.3. The van der Waals surface area contributed by atoms with Crippen molar-refractivity contribution in [1.82, 2.24) is 10.3 Å². The smallest absolute Gasteiger partial charge is 0.274 e. The first-order chi connectivity index (χ1) is 11.6. The van der Waals surface area contributed by atoms with E-state index >= 15 is 0 Å². The molecular formula is C19H21N3O2. The Morgan fingerprint density at radius 1 is 1.08 bits per heavy atom. The van der Waals surface area contributed by atoms with E-state index < -0.39 is 0 Å². The topological polar surface area (TPSA) is 71.1 Å². The normalized spacial score (nSPS) is 14.4. The lowest BCUT2D eigenvalue weighted by molar-refractivity contribution is 0.0937. The molecule has 5 nitrogen and oxygen atoms in total. The molecule has 1 fully saturated rings. The van der Waals surface area contributed by atoms with Crippen LogP contribution in [0.15, 0.2) is 42.6 Å². The van der Waals surface area contributed by atoms with Crippen molar-refractivity contribution in [2.45, 2.75) is 38.6 Å². The quantitative estimate of drug-likeness (QED) is 0.907. The van der Waals surface area contributed by atoms with E-state index in [1.807, 2.05) is 31.2 Å². The van der Waals surface area contributed by atoms with Crippen LogP contribution < -0.4 is 10.6 Å². The second-order valence-electron chi connectivity index (χ2n) is 6.21. The number of nitrogens with one attached hydrogen (secondary N) is 2. The Morgan fingerprint density at radius 2 is 1.88 bits per heavy atom. The summed E-state index contributed by atoms with van der Waals surface area (Å²) < 4.78 is 0. The summed E-state index contributed by atoms with van der Waals surface area (Å²) >= 11 is 0. The monoisotopic (exact) mass is 323 g/mol. The van der Waals surface area contributed by atoms with Gasteiger partial charge in [0.05, 0.1) is 0 Å². The Hall–Kier alpha value is -2.69. The molecule has 0 unspecified atom stereocenters. The van der Waals surface area contributed by atoms with Crippen molar-refractivity contribution >= 4 is 17.5 Å². The van der Waals surface area contributed by atoms with Gasteiger partial charge in [-0.1, -0.05) is 25.0 Å². The molecule has 24 heavy (non-hydrogen) atoms. The Kier molecular flexibility index (Phi) is 4.89. The van der Waals surface area contributed by atoms with Gasteiger partial charge in [0.1, 0.15) is 5.69 Å². The van der Waals surface area contributed by atoms with Crippen molar-refractivity contribution in [3.63, 3.8) is 0 Å². The molecule has 2 N–H and O–H groups in total. The zero-order valence-corrected chi connectivity index (χ0v) is 13.7. The first-order valence-corrected chi connectivity index (χ1v) is 8.27. The summed E-state index contributed by atoms with van der Waals surface area (Å²) in [4.78, 5) is 28.7. The van der Waals surface area contributed by atoms with Gasteiger partial charge in [-0.25, -0.2) is 0 Å². The number of carbonyl (C=O) groups is 2. The van der Waals surface area contributed by atoms with Crippen LogP contribution in [0.25, 0.3) is 0 Å². The first-order valence-electron chi connectivity index (χ1n) is 8.27. The maximum Gasteiger partial charge on any atom is 0.274 e. The SMILES string of the molecule is Cc1cccc(NC(=O)c2cc(C(=O)NC3CCCC3)ccn2)c1. The predicted octanol–water partition coefficient (Wildman–Crippen LogP) is 3.31. The third kappa shape index (κ3) is 3.98. The molecular weight excluding hydrogens is 302 g/mol. The van der Waals surface area contributed by atoms with E-state index in [-0.39, 0.29) is 23.6 Å². The van der Waals surface area contributed by atoms with Crippen molar-refractivity contribution in [3.8, 4) is 0 Å². The van der Waals surface area contributed by atoms with Crippen LogP contribution in [0, 0.1) is 6.92 Å². The lowest BCUT2D eigenvalue weighted by Gasteiger charge is -2.12. The first kappa shape index (κ1) is 16.2. The van der Waals surface area contributed by atoms with Crippen LogP contribution in [0.3, 0.4) is 0 Å². The van der Waals surface area contributed by atoms with Crippen LogP contribution in [-0.2, 0) is 0 Å².